The first-order valence-corrected chi connectivity index (χ1v) is 7.35. The van der Waals surface area contributed by atoms with Gasteiger partial charge in [-0.1, -0.05) is 19.9 Å². The Morgan fingerprint density at radius 1 is 1.32 bits per heavy atom. The van der Waals surface area contributed by atoms with Crippen molar-refractivity contribution in [3.63, 3.8) is 0 Å². The molecule has 0 radical (unpaired) electrons. The van der Waals surface area contributed by atoms with Gasteiger partial charge in [-0.15, -0.1) is 0 Å². The second-order valence-electron chi connectivity index (χ2n) is 7.46. The zero-order chi connectivity index (χ0) is 16.7. The van der Waals surface area contributed by atoms with E-state index >= 15 is 0 Å². The normalized spacial score (nSPS) is 19.4. The standard InChI is InChI=1S/C17H23NO4/c1-16(2,3)22-15(21)18-13-12-8-10(14(19)20)6-7-11(12)9-17(13,4)5/h6-8,13H,9H2,1-5H3,(H,18,21)(H,19,20). The summed E-state index contributed by atoms with van der Waals surface area (Å²) in [6, 6.07) is 4.82. The Labute approximate surface area is 130 Å². The number of rotatable bonds is 2. The van der Waals surface area contributed by atoms with E-state index in [-0.39, 0.29) is 17.0 Å². The highest BCUT2D eigenvalue weighted by atomic mass is 16.6. The minimum Gasteiger partial charge on any atom is -0.478 e. The van der Waals surface area contributed by atoms with Crippen LogP contribution in [0.25, 0.3) is 0 Å². The number of alkyl carbamates (subject to hydrolysis) is 1. The summed E-state index contributed by atoms with van der Waals surface area (Å²) in [5.74, 6) is -0.969. The van der Waals surface area contributed by atoms with E-state index in [1.807, 2.05) is 26.8 Å². The van der Waals surface area contributed by atoms with Crippen molar-refractivity contribution in [1.82, 2.24) is 5.32 Å². The molecule has 120 valence electrons. The third-order valence-corrected chi connectivity index (χ3v) is 3.79. The Morgan fingerprint density at radius 2 is 1.95 bits per heavy atom. The molecule has 2 N–H and O–H groups in total. The van der Waals surface area contributed by atoms with Gasteiger partial charge >= 0.3 is 12.1 Å². The van der Waals surface area contributed by atoms with Gasteiger partial charge in [-0.25, -0.2) is 9.59 Å². The summed E-state index contributed by atoms with van der Waals surface area (Å²) in [5.41, 5.74) is 1.38. The highest BCUT2D eigenvalue weighted by molar-refractivity contribution is 5.88. The molecule has 0 bridgehead atoms. The number of amides is 1. The lowest BCUT2D eigenvalue weighted by molar-refractivity contribution is 0.0465. The number of hydrogen-bond acceptors (Lipinski definition) is 3. The first-order valence-electron chi connectivity index (χ1n) is 7.35. The Balaban J connectivity index is 2.29. The van der Waals surface area contributed by atoms with Crippen LogP contribution in [0.1, 0.15) is 62.1 Å². The number of carbonyl (C=O) groups is 2. The van der Waals surface area contributed by atoms with Gasteiger partial charge in [0, 0.05) is 0 Å². The molecule has 2 rings (SSSR count). The molecule has 0 heterocycles. The third kappa shape index (κ3) is 3.40. The van der Waals surface area contributed by atoms with Crippen LogP contribution < -0.4 is 5.32 Å². The fraction of sp³-hybridized carbons (Fsp3) is 0.529. The number of carbonyl (C=O) groups excluding carboxylic acids is 1. The van der Waals surface area contributed by atoms with Crippen molar-refractivity contribution in [3.05, 3.63) is 34.9 Å². The fourth-order valence-electron chi connectivity index (χ4n) is 2.87. The molecule has 0 spiro atoms. The van der Waals surface area contributed by atoms with Gasteiger partial charge in [-0.2, -0.15) is 0 Å². The summed E-state index contributed by atoms with van der Waals surface area (Å²) in [7, 11) is 0. The number of hydrogen-bond donors (Lipinski definition) is 2. The highest BCUT2D eigenvalue weighted by Crippen LogP contribution is 2.45. The molecule has 1 amide bonds. The minimum absolute atomic E-state index is 0.198. The van der Waals surface area contributed by atoms with Gasteiger partial charge in [0.05, 0.1) is 11.6 Å². The van der Waals surface area contributed by atoms with Crippen molar-refractivity contribution < 1.29 is 19.4 Å². The number of nitrogens with one attached hydrogen (secondary N) is 1. The summed E-state index contributed by atoms with van der Waals surface area (Å²) in [6.07, 6.45) is 0.294. The van der Waals surface area contributed by atoms with Crippen molar-refractivity contribution >= 4 is 12.1 Å². The quantitative estimate of drug-likeness (QED) is 0.876. The topological polar surface area (TPSA) is 75.6 Å². The van der Waals surface area contributed by atoms with Gasteiger partial charge in [0.15, 0.2) is 0 Å². The maximum atomic E-state index is 12.1. The maximum Gasteiger partial charge on any atom is 0.408 e. The number of fused-ring (bicyclic) bond motifs is 1. The SMILES string of the molecule is CC(C)(C)OC(=O)NC1c2cc(C(=O)O)ccc2CC1(C)C. The molecule has 5 heteroatoms. The molecule has 22 heavy (non-hydrogen) atoms. The zero-order valence-electron chi connectivity index (χ0n) is 13.7. The van der Waals surface area contributed by atoms with Gasteiger partial charge in [0.2, 0.25) is 0 Å². The van der Waals surface area contributed by atoms with E-state index in [4.69, 9.17) is 9.84 Å². The number of ether oxygens (including phenoxy) is 1. The van der Waals surface area contributed by atoms with Crippen LogP contribution in [0.2, 0.25) is 0 Å². The van der Waals surface area contributed by atoms with Crippen molar-refractivity contribution in [2.24, 2.45) is 5.41 Å². The molecule has 5 nitrogen and oxygen atoms in total. The molecule has 0 aliphatic heterocycles. The fourth-order valence-corrected chi connectivity index (χ4v) is 2.87. The number of aromatic carboxylic acids is 1. The van der Waals surface area contributed by atoms with Gasteiger partial charge in [0.25, 0.3) is 0 Å². The molecule has 1 atom stereocenters. The monoisotopic (exact) mass is 305 g/mol. The molecule has 1 aromatic rings. The average molecular weight is 305 g/mol. The second-order valence-corrected chi connectivity index (χ2v) is 7.46. The lowest BCUT2D eigenvalue weighted by Gasteiger charge is -2.30. The van der Waals surface area contributed by atoms with E-state index in [1.165, 1.54) is 0 Å². The molecule has 0 fully saturated rings. The van der Waals surface area contributed by atoms with E-state index in [0.29, 0.717) is 0 Å². The Morgan fingerprint density at radius 3 is 2.50 bits per heavy atom. The number of carboxylic acid groups (broad SMARTS) is 1. The largest absolute Gasteiger partial charge is 0.478 e. The first kappa shape index (κ1) is 16.3. The third-order valence-electron chi connectivity index (χ3n) is 3.79. The zero-order valence-corrected chi connectivity index (χ0v) is 13.7. The van der Waals surface area contributed by atoms with Crippen molar-refractivity contribution in [1.29, 1.82) is 0 Å². The lowest BCUT2D eigenvalue weighted by atomic mass is 9.85. The van der Waals surface area contributed by atoms with Gasteiger partial charge < -0.3 is 15.2 Å². The van der Waals surface area contributed by atoms with Crippen LogP contribution in [0, 0.1) is 5.41 Å². The second kappa shape index (κ2) is 5.30. The molecule has 0 aromatic heterocycles. The number of benzene rings is 1. The average Bonchev–Trinajstić information content (AvgIpc) is 2.57. The van der Waals surface area contributed by atoms with Gasteiger partial charge in [-0.05, 0) is 55.9 Å². The predicted octanol–water partition coefficient (Wildman–Crippen LogP) is 3.53. The molecular formula is C17H23NO4. The van der Waals surface area contributed by atoms with Crippen LogP contribution in [0.3, 0.4) is 0 Å². The lowest BCUT2D eigenvalue weighted by Crippen LogP contribution is -2.39. The molecule has 1 unspecified atom stereocenters. The number of carboxylic acids is 1. The summed E-state index contributed by atoms with van der Waals surface area (Å²) >= 11 is 0. The summed E-state index contributed by atoms with van der Waals surface area (Å²) in [6.45, 7) is 9.53. The maximum absolute atomic E-state index is 12.1. The van der Waals surface area contributed by atoms with Crippen LogP contribution in [0.4, 0.5) is 4.79 Å². The van der Waals surface area contributed by atoms with Crippen molar-refractivity contribution in [2.75, 3.05) is 0 Å². The summed E-state index contributed by atoms with van der Waals surface area (Å²) in [4.78, 5) is 23.2. The van der Waals surface area contributed by atoms with E-state index in [1.54, 1.807) is 12.1 Å². The van der Waals surface area contributed by atoms with Crippen LogP contribution in [-0.4, -0.2) is 22.8 Å². The van der Waals surface area contributed by atoms with Gasteiger partial charge in [-0.3, -0.25) is 0 Å². The molecule has 0 saturated heterocycles. The molecule has 1 aliphatic carbocycles. The molecule has 1 aromatic carbocycles. The van der Waals surface area contributed by atoms with Crippen LogP contribution in [0.15, 0.2) is 18.2 Å². The summed E-state index contributed by atoms with van der Waals surface area (Å²) in [5, 5.41) is 12.0. The van der Waals surface area contributed by atoms with E-state index in [9.17, 15) is 9.59 Å². The van der Waals surface area contributed by atoms with Gasteiger partial charge in [0.1, 0.15) is 5.60 Å². The smallest absolute Gasteiger partial charge is 0.408 e. The van der Waals surface area contributed by atoms with E-state index in [2.05, 4.69) is 19.2 Å². The molecule has 1 aliphatic rings. The Hall–Kier alpha value is -2.04. The van der Waals surface area contributed by atoms with E-state index < -0.39 is 17.7 Å². The predicted molar refractivity (Wildman–Crippen MR) is 83.0 cm³/mol. The van der Waals surface area contributed by atoms with Crippen molar-refractivity contribution in [3.8, 4) is 0 Å². The first-order chi connectivity index (χ1) is 9.99. The summed E-state index contributed by atoms with van der Waals surface area (Å²) < 4.78 is 5.32. The molecular weight excluding hydrogens is 282 g/mol. The van der Waals surface area contributed by atoms with Crippen molar-refractivity contribution in [2.45, 2.75) is 52.7 Å². The van der Waals surface area contributed by atoms with Crippen LogP contribution in [0.5, 0.6) is 0 Å². The van der Waals surface area contributed by atoms with E-state index in [0.717, 1.165) is 17.5 Å². The highest BCUT2D eigenvalue weighted by Gasteiger charge is 2.40. The minimum atomic E-state index is -0.969. The Kier molecular flexibility index (Phi) is 3.94. The Bertz CT molecular complexity index is 614. The molecule has 0 saturated carbocycles. The van der Waals surface area contributed by atoms with Crippen LogP contribution in [-0.2, 0) is 11.2 Å². The van der Waals surface area contributed by atoms with Crippen LogP contribution >= 0.6 is 0 Å².